The van der Waals surface area contributed by atoms with E-state index < -0.39 is 15.5 Å². The summed E-state index contributed by atoms with van der Waals surface area (Å²) in [5, 5.41) is 5.28. The zero-order valence-corrected chi connectivity index (χ0v) is 19.7. The Morgan fingerprint density at radius 2 is 2.04 bits per heavy atom. The van der Waals surface area contributed by atoms with E-state index in [-0.39, 0.29) is 43.0 Å². The van der Waals surface area contributed by atoms with Crippen molar-refractivity contribution in [3.8, 4) is 0 Å². The van der Waals surface area contributed by atoms with Crippen LogP contribution in [0.4, 0.5) is 13.2 Å². The summed E-state index contributed by atoms with van der Waals surface area (Å²) in [4.78, 5) is 7.53. The van der Waals surface area contributed by atoms with Crippen LogP contribution >= 0.6 is 35.3 Å². The summed E-state index contributed by atoms with van der Waals surface area (Å²) in [6.07, 6.45) is 1.68. The molecule has 1 aliphatic rings. The lowest BCUT2D eigenvalue weighted by Crippen LogP contribution is -2.47. The van der Waals surface area contributed by atoms with Gasteiger partial charge in [-0.25, -0.2) is 8.42 Å². The Bertz CT molecular complexity index is 719. The topological polar surface area (TPSA) is 65.0 Å². The van der Waals surface area contributed by atoms with Gasteiger partial charge in [0, 0.05) is 45.2 Å². The lowest BCUT2D eigenvalue weighted by Gasteiger charge is -2.32. The van der Waals surface area contributed by atoms with Crippen LogP contribution in [0.25, 0.3) is 0 Å². The molecular weight excluding hydrogens is 528 g/mol. The second-order valence-corrected chi connectivity index (χ2v) is 9.43. The fourth-order valence-electron chi connectivity index (χ4n) is 2.96. The molecule has 28 heavy (non-hydrogen) atoms. The van der Waals surface area contributed by atoms with Gasteiger partial charge in [0.2, 0.25) is 0 Å². The van der Waals surface area contributed by atoms with E-state index in [1.54, 1.807) is 18.4 Å². The average molecular weight is 554 g/mol. The first-order chi connectivity index (χ1) is 12.6. The van der Waals surface area contributed by atoms with Gasteiger partial charge in [-0.15, -0.1) is 35.3 Å². The lowest BCUT2D eigenvalue weighted by molar-refractivity contribution is -0.0496. The molecule has 0 atom stereocenters. The molecule has 0 spiro atoms. The van der Waals surface area contributed by atoms with E-state index in [1.807, 2.05) is 23.4 Å². The summed E-state index contributed by atoms with van der Waals surface area (Å²) in [6, 6.07) is 4.09. The Hall–Kier alpha value is -0.600. The predicted molar refractivity (Wildman–Crippen MR) is 117 cm³/mol. The second kappa shape index (κ2) is 11.0. The maximum Gasteiger partial charge on any atom is 0.511 e. The third-order valence-corrected chi connectivity index (χ3v) is 7.17. The highest BCUT2D eigenvalue weighted by Gasteiger charge is 2.50. The van der Waals surface area contributed by atoms with Crippen molar-refractivity contribution in [2.45, 2.75) is 24.8 Å². The van der Waals surface area contributed by atoms with Gasteiger partial charge in [0.1, 0.15) is 0 Å². The van der Waals surface area contributed by atoms with Crippen LogP contribution in [0.2, 0.25) is 0 Å². The number of nitrogens with zero attached hydrogens (tertiary/aromatic N) is 3. The molecule has 2 rings (SSSR count). The van der Waals surface area contributed by atoms with Gasteiger partial charge in [0.15, 0.2) is 5.96 Å². The van der Waals surface area contributed by atoms with E-state index in [1.165, 1.54) is 4.88 Å². The van der Waals surface area contributed by atoms with Crippen molar-refractivity contribution in [1.82, 2.24) is 14.5 Å². The molecule has 1 aromatic heterocycles. The number of guanidine groups is 1. The number of rotatable bonds is 6. The van der Waals surface area contributed by atoms with Gasteiger partial charge in [-0.1, -0.05) is 6.07 Å². The highest BCUT2D eigenvalue weighted by atomic mass is 127. The maximum atomic E-state index is 12.6. The molecule has 0 bridgehead atoms. The zero-order valence-electron chi connectivity index (χ0n) is 15.8. The first-order valence-corrected chi connectivity index (χ1v) is 11.0. The van der Waals surface area contributed by atoms with Crippen molar-refractivity contribution >= 4 is 51.3 Å². The number of aliphatic imine (C=N–C) groups is 1. The third-order valence-electron chi connectivity index (χ3n) is 4.60. The van der Waals surface area contributed by atoms with Crippen molar-refractivity contribution in [3.05, 3.63) is 22.4 Å². The minimum absolute atomic E-state index is 0. The first-order valence-electron chi connectivity index (χ1n) is 8.65. The summed E-state index contributed by atoms with van der Waals surface area (Å²) in [6.45, 7) is 1.13. The van der Waals surface area contributed by atoms with Gasteiger partial charge >= 0.3 is 15.5 Å². The minimum Gasteiger partial charge on any atom is -0.356 e. The molecule has 0 radical (unpaired) electrons. The molecule has 0 aromatic carbocycles. The van der Waals surface area contributed by atoms with Crippen LogP contribution in [-0.4, -0.2) is 69.4 Å². The summed E-state index contributed by atoms with van der Waals surface area (Å²) >= 11 is 1.70. The van der Waals surface area contributed by atoms with E-state index in [4.69, 9.17) is 0 Å². The number of halogens is 4. The number of likely N-dealkylation sites (N-methyl/N-ethyl adjacent to an activating group) is 1. The van der Waals surface area contributed by atoms with Crippen molar-refractivity contribution in [1.29, 1.82) is 0 Å². The Kier molecular flexibility index (Phi) is 9.97. The van der Waals surface area contributed by atoms with Crippen molar-refractivity contribution in [3.63, 3.8) is 0 Å². The standard InChI is InChI=1S/C16H25F3N4O2S2.HI/c1-20-15(22(2)8-7-14-4-3-11-26-14)21-12-13-5-9-23(10-6-13)27(24,25)16(17,18)19;/h3-4,11,13H,5-10,12H2,1-2H3,(H,20,21);1H. The summed E-state index contributed by atoms with van der Waals surface area (Å²) in [5.41, 5.74) is -5.23. The average Bonchev–Trinajstić information content (AvgIpc) is 3.13. The van der Waals surface area contributed by atoms with Gasteiger partial charge < -0.3 is 10.2 Å². The van der Waals surface area contributed by atoms with Crippen LogP contribution in [-0.2, 0) is 16.4 Å². The van der Waals surface area contributed by atoms with Crippen LogP contribution in [0, 0.1) is 5.92 Å². The molecule has 0 amide bonds. The van der Waals surface area contributed by atoms with E-state index in [2.05, 4.69) is 16.4 Å². The Morgan fingerprint density at radius 3 is 2.54 bits per heavy atom. The Balaban J connectivity index is 0.00000392. The maximum absolute atomic E-state index is 12.6. The molecular formula is C16H26F3IN4O2S2. The Morgan fingerprint density at radius 1 is 1.39 bits per heavy atom. The van der Waals surface area contributed by atoms with Crippen LogP contribution in [0.15, 0.2) is 22.5 Å². The molecule has 1 aliphatic heterocycles. The second-order valence-electron chi connectivity index (χ2n) is 6.47. The number of hydrogen-bond acceptors (Lipinski definition) is 4. The van der Waals surface area contributed by atoms with Crippen LogP contribution in [0.3, 0.4) is 0 Å². The molecule has 1 saturated heterocycles. The highest BCUT2D eigenvalue weighted by molar-refractivity contribution is 14.0. The molecule has 0 unspecified atom stereocenters. The molecule has 0 saturated carbocycles. The van der Waals surface area contributed by atoms with Gasteiger partial charge in [-0.3, -0.25) is 4.99 Å². The lowest BCUT2D eigenvalue weighted by atomic mass is 9.98. The van der Waals surface area contributed by atoms with Crippen molar-refractivity contribution in [2.24, 2.45) is 10.9 Å². The smallest absolute Gasteiger partial charge is 0.356 e. The van der Waals surface area contributed by atoms with Crippen LogP contribution < -0.4 is 5.32 Å². The minimum atomic E-state index is -5.23. The van der Waals surface area contributed by atoms with Gasteiger partial charge in [-0.05, 0) is 36.6 Å². The van der Waals surface area contributed by atoms with Crippen molar-refractivity contribution < 1.29 is 21.6 Å². The molecule has 6 nitrogen and oxygen atoms in total. The molecule has 1 fully saturated rings. The number of piperidine rings is 1. The number of thiophene rings is 1. The third kappa shape index (κ3) is 6.73. The number of hydrogen-bond donors (Lipinski definition) is 1. The Labute approximate surface area is 185 Å². The van der Waals surface area contributed by atoms with Gasteiger partial charge in [-0.2, -0.15) is 17.5 Å². The first kappa shape index (κ1) is 25.4. The van der Waals surface area contributed by atoms with E-state index in [0.29, 0.717) is 23.7 Å². The number of sulfonamides is 1. The van der Waals surface area contributed by atoms with Crippen LogP contribution in [0.5, 0.6) is 0 Å². The SMILES string of the molecule is CN=C(NCC1CCN(S(=O)(=O)C(F)(F)F)CC1)N(C)CCc1cccs1.I. The van der Waals surface area contributed by atoms with Crippen molar-refractivity contribution in [2.75, 3.05) is 40.3 Å². The predicted octanol–water partition coefficient (Wildman–Crippen LogP) is 2.98. The van der Waals surface area contributed by atoms with E-state index >= 15 is 0 Å². The fraction of sp³-hybridized carbons (Fsp3) is 0.688. The van der Waals surface area contributed by atoms with E-state index in [0.717, 1.165) is 18.9 Å². The van der Waals surface area contributed by atoms with Gasteiger partial charge in [0.25, 0.3) is 0 Å². The fourth-order valence-corrected chi connectivity index (χ4v) is 4.64. The molecule has 0 aliphatic carbocycles. The van der Waals surface area contributed by atoms with Gasteiger partial charge in [0.05, 0.1) is 0 Å². The number of nitrogens with one attached hydrogen (secondary N) is 1. The normalized spacial score (nSPS) is 17.2. The summed E-state index contributed by atoms with van der Waals surface area (Å²) < 4.78 is 61.3. The molecule has 12 heteroatoms. The van der Waals surface area contributed by atoms with E-state index in [9.17, 15) is 21.6 Å². The molecule has 1 aromatic rings. The molecule has 1 N–H and O–H groups in total. The largest absolute Gasteiger partial charge is 0.511 e. The monoisotopic (exact) mass is 554 g/mol. The molecule has 162 valence electrons. The number of alkyl halides is 3. The summed E-state index contributed by atoms with van der Waals surface area (Å²) in [5.74, 6) is 0.823. The highest BCUT2D eigenvalue weighted by Crippen LogP contribution is 2.30. The van der Waals surface area contributed by atoms with Crippen LogP contribution in [0.1, 0.15) is 17.7 Å². The zero-order chi connectivity index (χ0) is 20.1. The quantitative estimate of drug-likeness (QED) is 0.334. The summed E-state index contributed by atoms with van der Waals surface area (Å²) in [7, 11) is -1.60. The molecule has 2 heterocycles.